The Balaban J connectivity index is 1.59. The first-order valence-corrected chi connectivity index (χ1v) is 7.99. The van der Waals surface area contributed by atoms with Crippen molar-refractivity contribution in [1.82, 2.24) is 20.6 Å². The van der Waals surface area contributed by atoms with Crippen molar-refractivity contribution in [2.24, 2.45) is 5.92 Å². The highest BCUT2D eigenvalue weighted by atomic mass is 16.2. The number of aryl methyl sites for hydroxylation is 1. The third kappa shape index (κ3) is 3.59. The minimum absolute atomic E-state index is 0.173. The highest BCUT2D eigenvalue weighted by Crippen LogP contribution is 2.31. The smallest absolute Gasteiger partial charge is 0.240 e. The maximum absolute atomic E-state index is 12.6. The van der Waals surface area contributed by atoms with Gasteiger partial charge in [-0.2, -0.15) is 0 Å². The third-order valence-corrected chi connectivity index (χ3v) is 4.58. The van der Waals surface area contributed by atoms with Crippen molar-refractivity contribution >= 4 is 5.91 Å². The molecule has 0 bridgehead atoms. The van der Waals surface area contributed by atoms with Gasteiger partial charge in [0, 0.05) is 25.5 Å². The molecule has 0 aliphatic heterocycles. The fourth-order valence-corrected chi connectivity index (χ4v) is 2.96. The molecule has 3 rings (SSSR count). The number of amides is 1. The summed E-state index contributed by atoms with van der Waals surface area (Å²) >= 11 is 0. The summed E-state index contributed by atoms with van der Waals surface area (Å²) in [6.45, 7) is 3.37. The molecule has 0 saturated heterocycles. The summed E-state index contributed by atoms with van der Waals surface area (Å²) in [5.74, 6) is 0.891. The van der Waals surface area contributed by atoms with Gasteiger partial charge in [-0.15, -0.1) is 0 Å². The predicted octanol–water partition coefficient (Wildman–Crippen LogP) is 1.71. The molecule has 1 amide bonds. The highest BCUT2D eigenvalue weighted by Gasteiger charge is 2.41. The van der Waals surface area contributed by atoms with Crippen molar-refractivity contribution in [3.05, 3.63) is 23.8 Å². The van der Waals surface area contributed by atoms with Crippen LogP contribution >= 0.6 is 0 Å². The number of carbonyl (C=O) groups is 1. The van der Waals surface area contributed by atoms with Gasteiger partial charge in [0.15, 0.2) is 0 Å². The van der Waals surface area contributed by atoms with Crippen molar-refractivity contribution in [2.75, 3.05) is 6.54 Å². The Hall–Kier alpha value is -1.49. The normalized spacial score (nSPS) is 20.4. The summed E-state index contributed by atoms with van der Waals surface area (Å²) < 4.78 is 0. The summed E-state index contributed by atoms with van der Waals surface area (Å²) in [4.78, 5) is 21.2. The molecular weight excluding hydrogens is 264 g/mol. The van der Waals surface area contributed by atoms with E-state index in [1.54, 1.807) is 12.4 Å². The third-order valence-electron chi connectivity index (χ3n) is 4.58. The zero-order chi connectivity index (χ0) is 14.7. The maximum atomic E-state index is 12.6. The van der Waals surface area contributed by atoms with Crippen LogP contribution in [0, 0.1) is 12.8 Å². The molecule has 2 N–H and O–H groups in total. The summed E-state index contributed by atoms with van der Waals surface area (Å²) in [5, 5.41) is 6.60. The molecule has 114 valence electrons. The van der Waals surface area contributed by atoms with Gasteiger partial charge in [0.25, 0.3) is 0 Å². The Morgan fingerprint density at radius 2 is 2.05 bits per heavy atom. The molecule has 1 heterocycles. The summed E-state index contributed by atoms with van der Waals surface area (Å²) in [7, 11) is 0. The van der Waals surface area contributed by atoms with Gasteiger partial charge in [0.05, 0.1) is 16.9 Å². The van der Waals surface area contributed by atoms with E-state index in [-0.39, 0.29) is 5.91 Å². The topological polar surface area (TPSA) is 66.9 Å². The molecule has 1 aromatic rings. The van der Waals surface area contributed by atoms with E-state index < -0.39 is 5.54 Å². The van der Waals surface area contributed by atoms with Crippen LogP contribution in [0.3, 0.4) is 0 Å². The zero-order valence-corrected chi connectivity index (χ0v) is 12.7. The summed E-state index contributed by atoms with van der Waals surface area (Å²) in [6.07, 6.45) is 10.1. The average molecular weight is 288 g/mol. The van der Waals surface area contributed by atoms with Gasteiger partial charge in [-0.1, -0.05) is 12.8 Å². The minimum Gasteiger partial charge on any atom is -0.354 e. The molecule has 1 aromatic heterocycles. The van der Waals surface area contributed by atoms with E-state index in [1.807, 2.05) is 6.92 Å². The van der Waals surface area contributed by atoms with E-state index in [0.717, 1.165) is 49.5 Å². The van der Waals surface area contributed by atoms with E-state index in [0.29, 0.717) is 6.54 Å². The molecule has 2 fully saturated rings. The number of nitrogens with one attached hydrogen (secondary N) is 2. The SMILES string of the molecule is Cc1cnc(CNC2(C(=O)NCC3CC3)CCCC2)cn1. The Morgan fingerprint density at radius 1 is 1.29 bits per heavy atom. The van der Waals surface area contributed by atoms with Gasteiger partial charge >= 0.3 is 0 Å². The second-order valence-electron chi connectivity index (χ2n) is 6.45. The van der Waals surface area contributed by atoms with Crippen molar-refractivity contribution in [1.29, 1.82) is 0 Å². The Bertz CT molecular complexity index is 490. The molecular formula is C16H24N4O. The largest absolute Gasteiger partial charge is 0.354 e. The molecule has 2 aliphatic rings. The van der Waals surface area contributed by atoms with Crippen molar-refractivity contribution in [3.63, 3.8) is 0 Å². The lowest BCUT2D eigenvalue weighted by molar-refractivity contribution is -0.127. The lowest BCUT2D eigenvalue weighted by Crippen LogP contribution is -2.55. The van der Waals surface area contributed by atoms with E-state index in [1.165, 1.54) is 12.8 Å². The Morgan fingerprint density at radius 3 is 2.67 bits per heavy atom. The van der Waals surface area contributed by atoms with Crippen molar-refractivity contribution in [3.8, 4) is 0 Å². The summed E-state index contributed by atoms with van der Waals surface area (Å²) in [5.41, 5.74) is 1.40. The van der Waals surface area contributed by atoms with E-state index in [9.17, 15) is 4.79 Å². The van der Waals surface area contributed by atoms with Gasteiger partial charge in [-0.25, -0.2) is 0 Å². The molecule has 0 unspecified atom stereocenters. The lowest BCUT2D eigenvalue weighted by Gasteiger charge is -2.29. The quantitative estimate of drug-likeness (QED) is 0.836. The summed E-state index contributed by atoms with van der Waals surface area (Å²) in [6, 6.07) is 0. The number of aromatic nitrogens is 2. The van der Waals surface area contributed by atoms with Crippen molar-refractivity contribution < 1.29 is 4.79 Å². The molecule has 2 saturated carbocycles. The monoisotopic (exact) mass is 288 g/mol. The van der Waals surface area contributed by atoms with Crippen LogP contribution in [0.4, 0.5) is 0 Å². The first kappa shape index (κ1) is 14.4. The molecule has 5 heteroatoms. The fourth-order valence-electron chi connectivity index (χ4n) is 2.96. The number of hydrogen-bond donors (Lipinski definition) is 2. The second kappa shape index (κ2) is 6.10. The molecule has 0 aromatic carbocycles. The minimum atomic E-state index is -0.401. The van der Waals surface area contributed by atoms with Crippen LogP contribution in [0.5, 0.6) is 0 Å². The van der Waals surface area contributed by atoms with E-state index in [2.05, 4.69) is 20.6 Å². The highest BCUT2D eigenvalue weighted by molar-refractivity contribution is 5.86. The van der Waals surface area contributed by atoms with Gasteiger partial charge < -0.3 is 5.32 Å². The first-order chi connectivity index (χ1) is 10.2. The fraction of sp³-hybridized carbons (Fsp3) is 0.688. The number of hydrogen-bond acceptors (Lipinski definition) is 4. The van der Waals surface area contributed by atoms with E-state index in [4.69, 9.17) is 0 Å². The van der Waals surface area contributed by atoms with Gasteiger partial charge in [0.2, 0.25) is 5.91 Å². The molecule has 0 atom stereocenters. The van der Waals surface area contributed by atoms with Crippen LogP contribution in [0.15, 0.2) is 12.4 Å². The van der Waals surface area contributed by atoms with E-state index >= 15 is 0 Å². The Kier molecular flexibility index (Phi) is 4.19. The van der Waals surface area contributed by atoms with Gasteiger partial charge in [0.1, 0.15) is 0 Å². The number of carbonyl (C=O) groups excluding carboxylic acids is 1. The second-order valence-corrected chi connectivity index (χ2v) is 6.45. The predicted molar refractivity (Wildman–Crippen MR) is 80.5 cm³/mol. The molecule has 0 spiro atoms. The average Bonchev–Trinajstić information content (AvgIpc) is 3.20. The maximum Gasteiger partial charge on any atom is 0.240 e. The van der Waals surface area contributed by atoms with Crippen LogP contribution in [0.25, 0.3) is 0 Å². The van der Waals surface area contributed by atoms with Gasteiger partial charge in [-0.3, -0.25) is 20.1 Å². The number of nitrogens with zero attached hydrogens (tertiary/aromatic N) is 2. The molecule has 5 nitrogen and oxygen atoms in total. The van der Waals surface area contributed by atoms with Crippen LogP contribution in [0.1, 0.15) is 49.9 Å². The Labute approximate surface area is 125 Å². The first-order valence-electron chi connectivity index (χ1n) is 7.99. The van der Waals surface area contributed by atoms with Gasteiger partial charge in [-0.05, 0) is 38.5 Å². The zero-order valence-electron chi connectivity index (χ0n) is 12.7. The van der Waals surface area contributed by atoms with Crippen molar-refractivity contribution in [2.45, 2.75) is 57.5 Å². The number of rotatable bonds is 6. The standard InChI is InChI=1S/C16H24N4O/c1-12-8-18-14(10-17-12)11-20-16(6-2-3-7-16)15(21)19-9-13-4-5-13/h8,10,13,20H,2-7,9,11H2,1H3,(H,19,21). The molecule has 21 heavy (non-hydrogen) atoms. The molecule has 2 aliphatic carbocycles. The van der Waals surface area contributed by atoms with Crippen LogP contribution in [0.2, 0.25) is 0 Å². The van der Waals surface area contributed by atoms with Crippen LogP contribution in [-0.4, -0.2) is 28.0 Å². The van der Waals surface area contributed by atoms with Crippen LogP contribution in [-0.2, 0) is 11.3 Å². The lowest BCUT2D eigenvalue weighted by atomic mass is 9.96. The molecule has 0 radical (unpaired) electrons. The van der Waals surface area contributed by atoms with Crippen LogP contribution < -0.4 is 10.6 Å².